The van der Waals surface area contributed by atoms with E-state index in [1.807, 2.05) is 23.6 Å². The van der Waals surface area contributed by atoms with Gasteiger partial charge in [0, 0.05) is 38.6 Å². The Morgan fingerprint density at radius 1 is 1.09 bits per heavy atom. The molecule has 4 rings (SSSR count). The van der Waals surface area contributed by atoms with Crippen molar-refractivity contribution in [2.75, 3.05) is 31.1 Å². The highest BCUT2D eigenvalue weighted by atomic mass is 32.1. The summed E-state index contributed by atoms with van der Waals surface area (Å²) in [6.07, 6.45) is 3.55. The molecule has 3 aromatic rings. The van der Waals surface area contributed by atoms with Crippen molar-refractivity contribution in [2.24, 2.45) is 0 Å². The standard InChI is InChI=1S/C15H16N6OS/c1-3-12(23-10-1)14-18-13(22-19-14)11-20-6-8-21(9-7-20)15-16-4-2-5-17-15/h1-5,10H,6-9,11H2. The fourth-order valence-corrected chi connectivity index (χ4v) is 3.23. The molecular weight excluding hydrogens is 312 g/mol. The number of hydrogen-bond acceptors (Lipinski definition) is 8. The highest BCUT2D eigenvalue weighted by Crippen LogP contribution is 2.21. The molecule has 0 atom stereocenters. The van der Waals surface area contributed by atoms with E-state index in [4.69, 9.17) is 4.52 Å². The Hall–Kier alpha value is -2.32. The normalized spacial score (nSPS) is 15.9. The van der Waals surface area contributed by atoms with Crippen molar-refractivity contribution >= 4 is 17.3 Å². The van der Waals surface area contributed by atoms with Crippen LogP contribution >= 0.6 is 11.3 Å². The third-order valence-corrected chi connectivity index (χ3v) is 4.64. The topological polar surface area (TPSA) is 71.2 Å². The van der Waals surface area contributed by atoms with Gasteiger partial charge in [-0.2, -0.15) is 4.98 Å². The van der Waals surface area contributed by atoms with E-state index in [2.05, 4.69) is 29.9 Å². The summed E-state index contributed by atoms with van der Waals surface area (Å²) < 4.78 is 5.37. The SMILES string of the molecule is c1cnc(N2CCN(Cc3nc(-c4cccs4)no3)CC2)nc1. The molecule has 0 radical (unpaired) electrons. The minimum atomic E-state index is 0.665. The van der Waals surface area contributed by atoms with Gasteiger partial charge in [-0.3, -0.25) is 4.90 Å². The van der Waals surface area contributed by atoms with Crippen LogP contribution in [0.4, 0.5) is 5.95 Å². The summed E-state index contributed by atoms with van der Waals surface area (Å²) in [4.78, 5) is 18.6. The van der Waals surface area contributed by atoms with Gasteiger partial charge in [-0.25, -0.2) is 9.97 Å². The Labute approximate surface area is 137 Å². The molecule has 1 saturated heterocycles. The fourth-order valence-electron chi connectivity index (χ4n) is 2.58. The van der Waals surface area contributed by atoms with Gasteiger partial charge in [0.1, 0.15) is 0 Å². The average Bonchev–Trinajstić information content (AvgIpc) is 3.28. The van der Waals surface area contributed by atoms with Crippen molar-refractivity contribution < 1.29 is 4.52 Å². The van der Waals surface area contributed by atoms with Crippen LogP contribution in [0.5, 0.6) is 0 Å². The van der Waals surface area contributed by atoms with Gasteiger partial charge < -0.3 is 9.42 Å². The molecule has 0 aliphatic carbocycles. The van der Waals surface area contributed by atoms with E-state index in [0.717, 1.165) is 37.0 Å². The van der Waals surface area contributed by atoms with Gasteiger partial charge in [-0.1, -0.05) is 11.2 Å². The van der Waals surface area contributed by atoms with E-state index in [9.17, 15) is 0 Å². The molecule has 8 heteroatoms. The van der Waals surface area contributed by atoms with Crippen LogP contribution in [0.2, 0.25) is 0 Å². The second-order valence-electron chi connectivity index (χ2n) is 5.30. The van der Waals surface area contributed by atoms with Crippen LogP contribution in [0.15, 0.2) is 40.5 Å². The fraction of sp³-hybridized carbons (Fsp3) is 0.333. The van der Waals surface area contributed by atoms with Crippen LogP contribution < -0.4 is 4.90 Å². The first-order chi connectivity index (χ1) is 11.4. The molecule has 118 valence electrons. The van der Waals surface area contributed by atoms with E-state index in [-0.39, 0.29) is 0 Å². The molecule has 7 nitrogen and oxygen atoms in total. The van der Waals surface area contributed by atoms with Crippen molar-refractivity contribution in [3.05, 3.63) is 41.9 Å². The summed E-state index contributed by atoms with van der Waals surface area (Å²) in [6, 6.07) is 5.82. The molecule has 0 spiro atoms. The lowest BCUT2D eigenvalue weighted by Gasteiger charge is -2.33. The Kier molecular flexibility index (Phi) is 3.99. The summed E-state index contributed by atoms with van der Waals surface area (Å²) in [5, 5.41) is 6.06. The van der Waals surface area contributed by atoms with Gasteiger partial charge in [-0.15, -0.1) is 11.3 Å². The zero-order valence-corrected chi connectivity index (χ0v) is 13.3. The Morgan fingerprint density at radius 3 is 2.65 bits per heavy atom. The maximum Gasteiger partial charge on any atom is 0.241 e. The van der Waals surface area contributed by atoms with Gasteiger partial charge >= 0.3 is 0 Å². The number of rotatable bonds is 4. The number of thiophene rings is 1. The Morgan fingerprint density at radius 2 is 1.91 bits per heavy atom. The van der Waals surface area contributed by atoms with Crippen LogP contribution in [0.3, 0.4) is 0 Å². The number of piperazine rings is 1. The van der Waals surface area contributed by atoms with Crippen molar-refractivity contribution in [2.45, 2.75) is 6.54 Å². The molecule has 0 amide bonds. The highest BCUT2D eigenvalue weighted by Gasteiger charge is 2.20. The van der Waals surface area contributed by atoms with Crippen LogP contribution in [-0.2, 0) is 6.54 Å². The third kappa shape index (κ3) is 3.22. The number of anilines is 1. The predicted octanol–water partition coefficient (Wildman–Crippen LogP) is 1.91. The molecule has 1 aliphatic rings. The van der Waals surface area contributed by atoms with E-state index in [1.165, 1.54) is 0 Å². The van der Waals surface area contributed by atoms with Gasteiger partial charge in [0.15, 0.2) is 0 Å². The minimum Gasteiger partial charge on any atom is -0.338 e. The lowest BCUT2D eigenvalue weighted by atomic mass is 10.3. The molecule has 0 saturated carbocycles. The lowest BCUT2D eigenvalue weighted by Crippen LogP contribution is -2.46. The predicted molar refractivity (Wildman–Crippen MR) is 87.1 cm³/mol. The maximum atomic E-state index is 5.37. The van der Waals surface area contributed by atoms with Crippen molar-refractivity contribution in [3.8, 4) is 10.7 Å². The van der Waals surface area contributed by atoms with Crippen LogP contribution in [0.1, 0.15) is 5.89 Å². The quantitative estimate of drug-likeness (QED) is 0.724. The molecule has 1 aliphatic heterocycles. The smallest absolute Gasteiger partial charge is 0.241 e. The molecule has 3 aromatic heterocycles. The van der Waals surface area contributed by atoms with E-state index < -0.39 is 0 Å². The molecule has 0 N–H and O–H groups in total. The summed E-state index contributed by atoms with van der Waals surface area (Å²) in [6.45, 7) is 4.33. The van der Waals surface area contributed by atoms with Gasteiger partial charge in [-0.05, 0) is 17.5 Å². The third-order valence-electron chi connectivity index (χ3n) is 3.78. The van der Waals surface area contributed by atoms with E-state index >= 15 is 0 Å². The number of nitrogens with zero attached hydrogens (tertiary/aromatic N) is 6. The second kappa shape index (κ2) is 6.43. The number of hydrogen-bond donors (Lipinski definition) is 0. The second-order valence-corrected chi connectivity index (χ2v) is 6.25. The molecule has 4 heterocycles. The summed E-state index contributed by atoms with van der Waals surface area (Å²) in [7, 11) is 0. The van der Waals surface area contributed by atoms with Gasteiger partial charge in [0.2, 0.25) is 17.7 Å². The Balaban J connectivity index is 1.35. The first kappa shape index (κ1) is 14.3. The maximum absolute atomic E-state index is 5.37. The van der Waals surface area contributed by atoms with E-state index in [0.29, 0.717) is 18.3 Å². The zero-order chi connectivity index (χ0) is 15.5. The van der Waals surface area contributed by atoms with Crippen LogP contribution in [0.25, 0.3) is 10.7 Å². The van der Waals surface area contributed by atoms with E-state index in [1.54, 1.807) is 23.7 Å². The van der Waals surface area contributed by atoms with Crippen LogP contribution in [-0.4, -0.2) is 51.2 Å². The highest BCUT2D eigenvalue weighted by molar-refractivity contribution is 7.13. The molecule has 0 bridgehead atoms. The minimum absolute atomic E-state index is 0.665. The number of aromatic nitrogens is 4. The average molecular weight is 328 g/mol. The summed E-state index contributed by atoms with van der Waals surface area (Å²) in [5.74, 6) is 2.13. The molecule has 0 aromatic carbocycles. The molecule has 0 unspecified atom stereocenters. The molecule has 1 fully saturated rings. The summed E-state index contributed by atoms with van der Waals surface area (Å²) in [5.41, 5.74) is 0. The van der Waals surface area contributed by atoms with Crippen molar-refractivity contribution in [1.29, 1.82) is 0 Å². The molecule has 23 heavy (non-hydrogen) atoms. The summed E-state index contributed by atoms with van der Waals surface area (Å²) >= 11 is 1.61. The largest absolute Gasteiger partial charge is 0.338 e. The van der Waals surface area contributed by atoms with Crippen LogP contribution in [0, 0.1) is 0 Å². The first-order valence-corrected chi connectivity index (χ1v) is 8.37. The Bertz CT molecular complexity index is 736. The van der Waals surface area contributed by atoms with Gasteiger partial charge in [0.05, 0.1) is 11.4 Å². The molecular formula is C15H16N6OS. The zero-order valence-electron chi connectivity index (χ0n) is 12.5. The van der Waals surface area contributed by atoms with Gasteiger partial charge in [0.25, 0.3) is 0 Å². The van der Waals surface area contributed by atoms with Crippen molar-refractivity contribution in [3.63, 3.8) is 0 Å². The van der Waals surface area contributed by atoms with Crippen molar-refractivity contribution in [1.82, 2.24) is 25.0 Å². The lowest BCUT2D eigenvalue weighted by molar-refractivity contribution is 0.214. The first-order valence-electron chi connectivity index (χ1n) is 7.49. The monoisotopic (exact) mass is 328 g/mol.